The minimum atomic E-state index is -0.124. The van der Waals surface area contributed by atoms with Crippen LogP contribution in [0.5, 0.6) is 0 Å². The van der Waals surface area contributed by atoms with Crippen molar-refractivity contribution in [3.05, 3.63) is 241 Å². The number of hydrogen-bond donors (Lipinski definition) is 0. The van der Waals surface area contributed by atoms with Crippen LogP contribution in [0.25, 0.3) is 123 Å². The van der Waals surface area contributed by atoms with E-state index < -0.39 is 0 Å². The van der Waals surface area contributed by atoms with E-state index in [0.717, 1.165) is 61.3 Å². The van der Waals surface area contributed by atoms with Crippen molar-refractivity contribution >= 4 is 43.6 Å². The van der Waals surface area contributed by atoms with Gasteiger partial charge in [0.25, 0.3) is 0 Å². The van der Waals surface area contributed by atoms with Gasteiger partial charge in [-0.05, 0) is 151 Å². The van der Waals surface area contributed by atoms with Gasteiger partial charge in [-0.2, -0.15) is 0 Å². The van der Waals surface area contributed by atoms with Crippen molar-refractivity contribution in [2.45, 2.75) is 105 Å². The Morgan fingerprint density at radius 2 is 0.655 bits per heavy atom. The minimum Gasteiger partial charge on any atom is -0.309 e. The fourth-order valence-electron chi connectivity index (χ4n) is 12.0. The topological polar surface area (TPSA) is 61.4 Å². The lowest BCUT2D eigenvalue weighted by Crippen LogP contribution is -2.17. The van der Waals surface area contributed by atoms with Gasteiger partial charge < -0.3 is 9.13 Å². The Hall–Kier alpha value is -9.26. The minimum absolute atomic E-state index is 0.124. The molecule has 0 bridgehead atoms. The van der Waals surface area contributed by atoms with Crippen LogP contribution in [-0.4, -0.2) is 29.1 Å². The zero-order chi connectivity index (χ0) is 58.5. The maximum absolute atomic E-state index is 5.59. The summed E-state index contributed by atoms with van der Waals surface area (Å²) in [6, 6.07) is 75.5. The molecule has 4 heterocycles. The Balaban J connectivity index is 1.11. The molecule has 4 aromatic heterocycles. The number of para-hydroxylation sites is 2. The van der Waals surface area contributed by atoms with Gasteiger partial charge in [-0.15, -0.1) is 0 Å². The summed E-state index contributed by atoms with van der Waals surface area (Å²) in [6.45, 7) is 27.4. The third-order valence-corrected chi connectivity index (χ3v) is 16.9. The first kappa shape index (κ1) is 54.0. The third-order valence-electron chi connectivity index (χ3n) is 16.9. The molecule has 414 valence electrons. The molecule has 6 nitrogen and oxygen atoms in total. The van der Waals surface area contributed by atoms with Crippen molar-refractivity contribution < 1.29 is 0 Å². The van der Waals surface area contributed by atoms with Crippen LogP contribution in [0.2, 0.25) is 0 Å². The van der Waals surface area contributed by atoms with E-state index in [-0.39, 0.29) is 21.7 Å². The quantitative estimate of drug-likeness (QED) is 0.152. The van der Waals surface area contributed by atoms with Crippen LogP contribution >= 0.6 is 0 Å². The van der Waals surface area contributed by atoms with Crippen LogP contribution in [0.15, 0.2) is 219 Å². The van der Waals surface area contributed by atoms with Gasteiger partial charge in [0, 0.05) is 55.6 Å². The predicted octanol–water partition coefficient (Wildman–Crippen LogP) is 20.7. The first-order valence-electron chi connectivity index (χ1n) is 29.5. The molecule has 0 N–H and O–H groups in total. The van der Waals surface area contributed by atoms with Crippen LogP contribution in [0.3, 0.4) is 0 Å². The van der Waals surface area contributed by atoms with Gasteiger partial charge in [0.15, 0.2) is 17.5 Å². The van der Waals surface area contributed by atoms with E-state index in [1.54, 1.807) is 0 Å². The molecular weight excluding hydrogens is 1020 g/mol. The fourth-order valence-corrected chi connectivity index (χ4v) is 12.0. The summed E-state index contributed by atoms with van der Waals surface area (Å²) in [5.74, 6) is 1.87. The zero-order valence-corrected chi connectivity index (χ0v) is 50.5. The standard InChI is InChI=1S/C78H72N6/c1-75(2,3)56-39-54(40-57(46-56)76(4,5)6)73-80-72(81-74(82-73)55-41-58(77(7,8)9)47-59(42-55)78(10,11)12)53-33-36-69(83-66-29-21-19-27-60(66)63-43-51(31-34-68(63)83)49-23-15-13-16-24-49)65(45-53)62-37-38-79-48-71(62)84-67-30-22-20-28-61(67)64-44-52(32-35-70(64)84)50-25-17-14-18-26-50/h13-48H,1-12H3. The van der Waals surface area contributed by atoms with E-state index in [4.69, 9.17) is 19.9 Å². The highest BCUT2D eigenvalue weighted by molar-refractivity contribution is 6.13. The van der Waals surface area contributed by atoms with Crippen molar-refractivity contribution in [1.29, 1.82) is 0 Å². The van der Waals surface area contributed by atoms with E-state index in [2.05, 4.69) is 298 Å². The van der Waals surface area contributed by atoms with E-state index in [9.17, 15) is 0 Å². The summed E-state index contributed by atoms with van der Waals surface area (Å²) < 4.78 is 4.85. The lowest BCUT2D eigenvalue weighted by molar-refractivity contribution is 0.568. The molecule has 13 aromatic rings. The number of fused-ring (bicyclic) bond motifs is 6. The molecule has 0 saturated carbocycles. The maximum Gasteiger partial charge on any atom is 0.164 e. The highest BCUT2D eigenvalue weighted by atomic mass is 15.0. The Bertz CT molecular complexity index is 4530. The molecule has 84 heavy (non-hydrogen) atoms. The molecular formula is C78H72N6. The molecule has 0 atom stereocenters. The summed E-state index contributed by atoms with van der Waals surface area (Å²) in [5, 5.41) is 4.71. The Labute approximate surface area is 494 Å². The molecule has 6 heteroatoms. The van der Waals surface area contributed by atoms with Gasteiger partial charge in [-0.25, -0.2) is 15.0 Å². The monoisotopic (exact) mass is 1090 g/mol. The largest absolute Gasteiger partial charge is 0.309 e. The van der Waals surface area contributed by atoms with E-state index in [1.165, 1.54) is 66.1 Å². The Morgan fingerprint density at radius 3 is 1.10 bits per heavy atom. The van der Waals surface area contributed by atoms with Crippen LogP contribution in [0.1, 0.15) is 105 Å². The van der Waals surface area contributed by atoms with Crippen molar-refractivity contribution in [2.75, 3.05) is 0 Å². The van der Waals surface area contributed by atoms with E-state index in [1.807, 2.05) is 12.4 Å². The van der Waals surface area contributed by atoms with Gasteiger partial charge in [0.1, 0.15) is 0 Å². The van der Waals surface area contributed by atoms with Crippen molar-refractivity contribution in [3.8, 4) is 78.9 Å². The van der Waals surface area contributed by atoms with Gasteiger partial charge in [-0.3, -0.25) is 4.98 Å². The van der Waals surface area contributed by atoms with Crippen molar-refractivity contribution in [3.63, 3.8) is 0 Å². The van der Waals surface area contributed by atoms with Crippen molar-refractivity contribution in [2.24, 2.45) is 0 Å². The molecule has 0 unspecified atom stereocenters. The molecule has 0 radical (unpaired) electrons. The molecule has 0 aliphatic carbocycles. The number of nitrogens with zero attached hydrogens (tertiary/aromatic N) is 6. The van der Waals surface area contributed by atoms with Crippen LogP contribution in [0, 0.1) is 0 Å². The molecule has 13 rings (SSSR count). The third kappa shape index (κ3) is 9.87. The van der Waals surface area contributed by atoms with Gasteiger partial charge in [-0.1, -0.05) is 204 Å². The number of rotatable bonds is 8. The maximum atomic E-state index is 5.59. The van der Waals surface area contributed by atoms with E-state index >= 15 is 0 Å². The van der Waals surface area contributed by atoms with E-state index in [0.29, 0.717) is 17.5 Å². The van der Waals surface area contributed by atoms with Gasteiger partial charge in [0.05, 0.1) is 39.6 Å². The second-order valence-electron chi connectivity index (χ2n) is 26.9. The summed E-state index contributed by atoms with van der Waals surface area (Å²) in [6.07, 6.45) is 3.96. The molecule has 0 aliphatic rings. The second-order valence-corrected chi connectivity index (χ2v) is 26.9. The molecule has 0 spiro atoms. The highest BCUT2D eigenvalue weighted by Gasteiger charge is 2.27. The summed E-state index contributed by atoms with van der Waals surface area (Å²) in [4.78, 5) is 21.7. The first-order valence-corrected chi connectivity index (χ1v) is 29.5. The first-order chi connectivity index (χ1) is 40.2. The van der Waals surface area contributed by atoms with Crippen LogP contribution in [-0.2, 0) is 21.7 Å². The lowest BCUT2D eigenvalue weighted by Gasteiger charge is -2.26. The molecule has 0 amide bonds. The number of benzene rings is 9. The number of aromatic nitrogens is 6. The summed E-state index contributed by atoms with van der Waals surface area (Å²) in [5.41, 5.74) is 20.4. The highest BCUT2D eigenvalue weighted by Crippen LogP contribution is 2.44. The zero-order valence-electron chi connectivity index (χ0n) is 50.5. The molecule has 0 saturated heterocycles. The average molecular weight is 1090 g/mol. The Morgan fingerprint density at radius 1 is 0.274 bits per heavy atom. The number of pyridine rings is 1. The average Bonchev–Trinajstić information content (AvgIpc) is 1.73. The molecule has 0 fully saturated rings. The van der Waals surface area contributed by atoms with Gasteiger partial charge in [0.2, 0.25) is 0 Å². The smallest absolute Gasteiger partial charge is 0.164 e. The van der Waals surface area contributed by atoms with Gasteiger partial charge >= 0.3 is 0 Å². The molecule has 0 aliphatic heterocycles. The van der Waals surface area contributed by atoms with Crippen molar-refractivity contribution in [1.82, 2.24) is 29.1 Å². The number of hydrogen-bond acceptors (Lipinski definition) is 4. The normalized spacial score (nSPS) is 12.5. The van der Waals surface area contributed by atoms with Crippen LogP contribution < -0.4 is 0 Å². The molecule has 9 aromatic carbocycles. The summed E-state index contributed by atoms with van der Waals surface area (Å²) in [7, 11) is 0. The Kier molecular flexibility index (Phi) is 13.0. The predicted molar refractivity (Wildman–Crippen MR) is 354 cm³/mol. The SMILES string of the molecule is CC(C)(C)c1cc(-c2nc(-c3cc(C(C)(C)C)cc(C(C)(C)C)c3)nc(-c3ccc(-n4c5ccccc5c5cc(-c6ccccc6)ccc54)c(-c4ccncc4-n4c5ccccc5c5cc(-c6ccccc6)ccc54)c3)n2)cc(C(C)(C)C)c1. The van der Waals surface area contributed by atoms with Crippen LogP contribution in [0.4, 0.5) is 0 Å². The summed E-state index contributed by atoms with van der Waals surface area (Å²) >= 11 is 0. The fraction of sp³-hybridized carbons (Fsp3) is 0.205. The second kappa shape index (κ2) is 20.3. The lowest BCUT2D eigenvalue weighted by atomic mass is 9.79.